The fraction of sp³-hybridized carbons (Fsp3) is 0.469. The van der Waals surface area contributed by atoms with E-state index in [0.29, 0.717) is 28.1 Å². The van der Waals surface area contributed by atoms with E-state index in [0.717, 1.165) is 31.5 Å². The zero-order valence-electron chi connectivity index (χ0n) is 24.5. The molecule has 2 atom stereocenters. The van der Waals surface area contributed by atoms with Crippen LogP contribution in [-0.2, 0) is 9.53 Å². The Balaban J connectivity index is 1.80. The summed E-state index contributed by atoms with van der Waals surface area (Å²) in [6.07, 6.45) is 3.46. The van der Waals surface area contributed by atoms with Crippen molar-refractivity contribution in [1.82, 2.24) is 9.97 Å². The Hall–Kier alpha value is -3.52. The second-order valence-corrected chi connectivity index (χ2v) is 12.3. The van der Waals surface area contributed by atoms with Gasteiger partial charge in [-0.15, -0.1) is 0 Å². The van der Waals surface area contributed by atoms with Gasteiger partial charge in [0, 0.05) is 47.9 Å². The van der Waals surface area contributed by atoms with E-state index in [9.17, 15) is 9.90 Å². The number of carbonyl (C=O) groups is 1. The summed E-state index contributed by atoms with van der Waals surface area (Å²) in [6.45, 7) is 15.0. The van der Waals surface area contributed by atoms with E-state index in [1.807, 2.05) is 58.0 Å². The Morgan fingerprint density at radius 2 is 1.75 bits per heavy atom. The molecule has 1 aliphatic rings. The highest BCUT2D eigenvalue weighted by molar-refractivity contribution is 5.86. The molecule has 40 heavy (non-hydrogen) atoms. The summed E-state index contributed by atoms with van der Waals surface area (Å²) in [6, 6.07) is 10.9. The minimum Gasteiger partial charge on any atom is -0.479 e. The molecule has 1 fully saturated rings. The fourth-order valence-corrected chi connectivity index (χ4v) is 5.02. The molecule has 3 aromatic rings. The standard InChI is InChI=1S/C32H40FN3O4/c1-20-26(28(30(37)38)40-31(3,4)5)27(36-15-13-32(6,7)14-16-36)24(19-34-20)23-17-25(33)29(35-18-23)39-21(2)22-11-9-8-10-12-22/h8-12,17-19,21,28H,13-16H2,1-7H3,(H,37,38)/t21-,28+/m1/s1. The summed E-state index contributed by atoms with van der Waals surface area (Å²) in [5.74, 6) is -1.80. The van der Waals surface area contributed by atoms with E-state index in [4.69, 9.17) is 9.47 Å². The number of carboxylic acid groups (broad SMARTS) is 1. The first kappa shape index (κ1) is 29.5. The van der Waals surface area contributed by atoms with Crippen LogP contribution in [0.4, 0.5) is 10.1 Å². The number of aliphatic carboxylic acids is 1. The van der Waals surface area contributed by atoms with E-state index >= 15 is 4.39 Å². The molecule has 0 amide bonds. The number of piperidine rings is 1. The lowest BCUT2D eigenvalue weighted by molar-refractivity contribution is -0.160. The van der Waals surface area contributed by atoms with Crippen molar-refractivity contribution in [3.8, 4) is 17.0 Å². The van der Waals surface area contributed by atoms with Crippen molar-refractivity contribution >= 4 is 11.7 Å². The van der Waals surface area contributed by atoms with Gasteiger partial charge in [0.25, 0.3) is 5.88 Å². The van der Waals surface area contributed by atoms with Crippen LogP contribution < -0.4 is 9.64 Å². The monoisotopic (exact) mass is 549 g/mol. The molecule has 0 aliphatic carbocycles. The van der Waals surface area contributed by atoms with Crippen molar-refractivity contribution in [2.75, 3.05) is 18.0 Å². The lowest BCUT2D eigenvalue weighted by atomic mass is 9.82. The first-order valence-electron chi connectivity index (χ1n) is 13.8. The first-order chi connectivity index (χ1) is 18.8. The lowest BCUT2D eigenvalue weighted by Gasteiger charge is -2.40. The normalized spacial score (nSPS) is 16.9. The van der Waals surface area contributed by atoms with Gasteiger partial charge in [0.1, 0.15) is 6.10 Å². The summed E-state index contributed by atoms with van der Waals surface area (Å²) in [4.78, 5) is 23.7. The number of pyridine rings is 2. The van der Waals surface area contributed by atoms with Gasteiger partial charge in [-0.2, -0.15) is 0 Å². The number of halogens is 1. The van der Waals surface area contributed by atoms with Crippen molar-refractivity contribution in [3.63, 3.8) is 0 Å². The van der Waals surface area contributed by atoms with Crippen LogP contribution in [0.15, 0.2) is 48.8 Å². The summed E-state index contributed by atoms with van der Waals surface area (Å²) < 4.78 is 27.4. The van der Waals surface area contributed by atoms with E-state index in [1.54, 1.807) is 19.3 Å². The molecule has 0 saturated carbocycles. The maximum absolute atomic E-state index is 15.4. The average molecular weight is 550 g/mol. The molecule has 2 aromatic heterocycles. The molecule has 0 unspecified atom stereocenters. The number of nitrogens with zero attached hydrogens (tertiary/aromatic N) is 3. The van der Waals surface area contributed by atoms with E-state index in [-0.39, 0.29) is 17.4 Å². The van der Waals surface area contributed by atoms with Crippen LogP contribution in [0.1, 0.15) is 83.4 Å². The van der Waals surface area contributed by atoms with Gasteiger partial charge >= 0.3 is 5.97 Å². The van der Waals surface area contributed by atoms with Crippen molar-refractivity contribution in [2.24, 2.45) is 5.41 Å². The number of aryl methyl sites for hydroxylation is 1. The highest BCUT2D eigenvalue weighted by atomic mass is 19.1. The smallest absolute Gasteiger partial charge is 0.337 e. The van der Waals surface area contributed by atoms with Gasteiger partial charge in [0.15, 0.2) is 11.9 Å². The maximum Gasteiger partial charge on any atom is 0.337 e. The van der Waals surface area contributed by atoms with Crippen LogP contribution in [-0.4, -0.2) is 39.7 Å². The predicted molar refractivity (Wildman–Crippen MR) is 154 cm³/mol. The highest BCUT2D eigenvalue weighted by Gasteiger charge is 2.36. The molecule has 1 aromatic carbocycles. The summed E-state index contributed by atoms with van der Waals surface area (Å²) in [5, 5.41) is 10.3. The number of aromatic nitrogens is 2. The van der Waals surface area contributed by atoms with Crippen LogP contribution in [0.2, 0.25) is 0 Å². The second kappa shape index (κ2) is 11.5. The van der Waals surface area contributed by atoms with Gasteiger partial charge < -0.3 is 19.5 Å². The Morgan fingerprint density at radius 1 is 1.10 bits per heavy atom. The van der Waals surface area contributed by atoms with Crippen molar-refractivity contribution in [2.45, 2.75) is 79.1 Å². The van der Waals surface area contributed by atoms with Gasteiger partial charge in [-0.05, 0) is 64.5 Å². The molecule has 8 heteroatoms. The molecule has 3 heterocycles. The molecule has 7 nitrogen and oxygen atoms in total. The Morgan fingerprint density at radius 3 is 2.33 bits per heavy atom. The predicted octanol–water partition coefficient (Wildman–Crippen LogP) is 7.30. The molecule has 214 valence electrons. The molecular formula is C32H40FN3O4. The van der Waals surface area contributed by atoms with Gasteiger partial charge in [-0.25, -0.2) is 14.2 Å². The number of benzene rings is 1. The number of rotatable bonds is 8. The van der Waals surface area contributed by atoms with Crippen LogP contribution in [0, 0.1) is 18.2 Å². The lowest BCUT2D eigenvalue weighted by Crippen LogP contribution is -2.39. The maximum atomic E-state index is 15.4. The van der Waals surface area contributed by atoms with Gasteiger partial charge in [-0.1, -0.05) is 44.2 Å². The third kappa shape index (κ3) is 6.78. The molecule has 0 bridgehead atoms. The number of ether oxygens (including phenoxy) is 2. The molecule has 1 N–H and O–H groups in total. The summed E-state index contributed by atoms with van der Waals surface area (Å²) >= 11 is 0. The summed E-state index contributed by atoms with van der Waals surface area (Å²) in [5.41, 5.74) is 3.22. The number of anilines is 1. The zero-order chi connectivity index (χ0) is 29.2. The van der Waals surface area contributed by atoms with E-state index in [2.05, 4.69) is 28.7 Å². The van der Waals surface area contributed by atoms with Gasteiger partial charge in [0.05, 0.1) is 11.3 Å². The largest absolute Gasteiger partial charge is 0.479 e. The highest BCUT2D eigenvalue weighted by Crippen LogP contribution is 2.43. The van der Waals surface area contributed by atoms with Crippen LogP contribution in [0.25, 0.3) is 11.1 Å². The van der Waals surface area contributed by atoms with Gasteiger partial charge in [0.2, 0.25) is 0 Å². The van der Waals surface area contributed by atoms with Crippen molar-refractivity contribution in [1.29, 1.82) is 0 Å². The molecule has 0 spiro atoms. The van der Waals surface area contributed by atoms with Crippen LogP contribution >= 0.6 is 0 Å². The second-order valence-electron chi connectivity index (χ2n) is 12.3. The van der Waals surface area contributed by atoms with Crippen molar-refractivity contribution < 1.29 is 23.8 Å². The minimum absolute atomic E-state index is 0.0962. The van der Waals surface area contributed by atoms with E-state index in [1.165, 1.54) is 6.07 Å². The number of hydrogen-bond acceptors (Lipinski definition) is 6. The molecule has 1 saturated heterocycles. The van der Waals surface area contributed by atoms with Crippen LogP contribution in [0.5, 0.6) is 5.88 Å². The van der Waals surface area contributed by atoms with E-state index < -0.39 is 23.5 Å². The first-order valence-corrected chi connectivity index (χ1v) is 13.8. The minimum atomic E-state index is -1.25. The number of hydrogen-bond donors (Lipinski definition) is 1. The molecule has 1 aliphatic heterocycles. The Bertz CT molecular complexity index is 1340. The third-order valence-electron chi connectivity index (χ3n) is 7.35. The van der Waals surface area contributed by atoms with Crippen molar-refractivity contribution in [3.05, 3.63) is 71.4 Å². The average Bonchev–Trinajstić information content (AvgIpc) is 2.88. The SMILES string of the molecule is Cc1ncc(-c2cnc(O[C@H](C)c3ccccc3)c(F)c2)c(N2CCC(C)(C)CC2)c1[C@H](OC(C)(C)C)C(=O)O. The zero-order valence-corrected chi connectivity index (χ0v) is 24.5. The molecule has 0 radical (unpaired) electrons. The Kier molecular flexibility index (Phi) is 8.49. The molecule has 4 rings (SSSR count). The molecular weight excluding hydrogens is 509 g/mol. The fourth-order valence-electron chi connectivity index (χ4n) is 5.02. The number of carboxylic acids is 1. The summed E-state index contributed by atoms with van der Waals surface area (Å²) in [7, 11) is 0. The Labute approximate surface area is 236 Å². The quantitative estimate of drug-likeness (QED) is 0.316. The third-order valence-corrected chi connectivity index (χ3v) is 7.35. The topological polar surface area (TPSA) is 84.8 Å². The van der Waals surface area contributed by atoms with Gasteiger partial charge in [-0.3, -0.25) is 4.98 Å². The van der Waals surface area contributed by atoms with Crippen LogP contribution in [0.3, 0.4) is 0 Å².